The van der Waals surface area contributed by atoms with Gasteiger partial charge in [0.15, 0.2) is 23.3 Å². The summed E-state index contributed by atoms with van der Waals surface area (Å²) in [5.74, 6) is -6.07. The molecule has 2 aromatic carbocycles. The summed E-state index contributed by atoms with van der Waals surface area (Å²) in [5, 5.41) is -0.326. The number of fused-ring (bicyclic) bond motifs is 1. The monoisotopic (exact) mass is 368 g/mol. The molecule has 0 radical (unpaired) electrons. The minimum absolute atomic E-state index is 0.163. The molecule has 2 rings (SSSR count). The molecule has 0 saturated carbocycles. The van der Waals surface area contributed by atoms with Crippen LogP contribution >= 0.6 is 0 Å². The number of unbranched alkanes of at least 4 members (excludes halogenated alkanes) is 6. The molecule has 26 heavy (non-hydrogen) atoms. The largest absolute Gasteiger partial charge is 0.203 e. The first kappa shape index (κ1) is 20.7. The van der Waals surface area contributed by atoms with Crippen molar-refractivity contribution in [3.63, 3.8) is 0 Å². The van der Waals surface area contributed by atoms with Crippen molar-refractivity contribution in [2.24, 2.45) is 0 Å². The van der Waals surface area contributed by atoms with Crippen molar-refractivity contribution < 1.29 is 17.6 Å². The summed E-state index contributed by atoms with van der Waals surface area (Å²) in [5.41, 5.74) is 1.85. The van der Waals surface area contributed by atoms with Gasteiger partial charge >= 0.3 is 0 Å². The summed E-state index contributed by atoms with van der Waals surface area (Å²) in [6, 6.07) is 3.05. The standard InChI is InChI=1S/C22H28F4/c1-3-5-7-9-11-15-13-17-18(14-16(15)12-10-8-6-4-2)20(24)22(26)21(25)19(17)23/h13-14H,3-12H2,1-2H3. The first-order valence-electron chi connectivity index (χ1n) is 9.78. The van der Waals surface area contributed by atoms with E-state index in [0.29, 0.717) is 0 Å². The van der Waals surface area contributed by atoms with Crippen LogP contribution in [0.4, 0.5) is 17.6 Å². The highest BCUT2D eigenvalue weighted by molar-refractivity contribution is 5.85. The van der Waals surface area contributed by atoms with E-state index in [0.717, 1.165) is 75.3 Å². The lowest BCUT2D eigenvalue weighted by Crippen LogP contribution is -2.02. The topological polar surface area (TPSA) is 0 Å². The minimum Gasteiger partial charge on any atom is -0.203 e. The fourth-order valence-corrected chi connectivity index (χ4v) is 3.43. The molecule has 0 atom stereocenters. The van der Waals surface area contributed by atoms with E-state index in [1.807, 2.05) is 0 Å². The van der Waals surface area contributed by atoms with Crippen LogP contribution in [0.15, 0.2) is 12.1 Å². The van der Waals surface area contributed by atoms with Crippen molar-refractivity contribution in [2.75, 3.05) is 0 Å². The van der Waals surface area contributed by atoms with E-state index in [2.05, 4.69) is 13.8 Å². The molecule has 0 amide bonds. The molecule has 0 aliphatic heterocycles. The van der Waals surface area contributed by atoms with Crippen LogP contribution in [0.3, 0.4) is 0 Å². The molecule has 0 aliphatic rings. The Kier molecular flexibility index (Phi) is 7.92. The molecule has 0 bridgehead atoms. The van der Waals surface area contributed by atoms with Gasteiger partial charge in [0.2, 0.25) is 0 Å². The number of hydrogen-bond acceptors (Lipinski definition) is 0. The second-order valence-corrected chi connectivity index (χ2v) is 7.04. The number of rotatable bonds is 10. The third-order valence-electron chi connectivity index (χ3n) is 4.99. The molecule has 4 heteroatoms. The zero-order valence-corrected chi connectivity index (χ0v) is 15.7. The maximum absolute atomic E-state index is 14.2. The Morgan fingerprint density at radius 1 is 0.538 bits per heavy atom. The van der Waals surface area contributed by atoms with E-state index >= 15 is 0 Å². The van der Waals surface area contributed by atoms with E-state index in [9.17, 15) is 17.6 Å². The van der Waals surface area contributed by atoms with Crippen molar-refractivity contribution in [3.05, 3.63) is 46.5 Å². The first-order chi connectivity index (χ1) is 12.5. The molecule has 0 saturated heterocycles. The van der Waals surface area contributed by atoms with Crippen molar-refractivity contribution in [1.29, 1.82) is 0 Å². The summed E-state index contributed by atoms with van der Waals surface area (Å²) in [4.78, 5) is 0. The van der Waals surface area contributed by atoms with Gasteiger partial charge in [0.25, 0.3) is 0 Å². The van der Waals surface area contributed by atoms with Crippen LogP contribution in [0.25, 0.3) is 10.8 Å². The van der Waals surface area contributed by atoms with Gasteiger partial charge in [0.1, 0.15) is 0 Å². The third-order valence-corrected chi connectivity index (χ3v) is 4.99. The average molecular weight is 368 g/mol. The third kappa shape index (κ3) is 4.77. The van der Waals surface area contributed by atoms with Gasteiger partial charge in [-0.1, -0.05) is 52.4 Å². The molecule has 0 fully saturated rings. The molecule has 0 nitrogen and oxygen atoms in total. The van der Waals surface area contributed by atoms with Crippen LogP contribution in [-0.4, -0.2) is 0 Å². The second-order valence-electron chi connectivity index (χ2n) is 7.04. The van der Waals surface area contributed by atoms with Crippen molar-refractivity contribution in [2.45, 2.75) is 78.1 Å². The van der Waals surface area contributed by atoms with E-state index in [-0.39, 0.29) is 10.8 Å². The lowest BCUT2D eigenvalue weighted by atomic mass is 9.93. The van der Waals surface area contributed by atoms with E-state index in [1.54, 1.807) is 0 Å². The number of benzene rings is 2. The highest BCUT2D eigenvalue weighted by Gasteiger charge is 2.21. The lowest BCUT2D eigenvalue weighted by molar-refractivity contribution is 0.418. The Hall–Kier alpha value is -1.58. The van der Waals surface area contributed by atoms with Gasteiger partial charge in [0, 0.05) is 10.8 Å². The van der Waals surface area contributed by atoms with Crippen LogP contribution in [0.2, 0.25) is 0 Å². The number of hydrogen-bond donors (Lipinski definition) is 0. The highest BCUT2D eigenvalue weighted by Crippen LogP contribution is 2.31. The second kappa shape index (κ2) is 9.94. The molecule has 0 unspecified atom stereocenters. The van der Waals surface area contributed by atoms with Gasteiger partial charge in [-0.25, -0.2) is 17.6 Å². The molecule has 0 N–H and O–H groups in total. The Balaban J connectivity index is 2.39. The summed E-state index contributed by atoms with van der Waals surface area (Å²) in [6.07, 6.45) is 10.0. The fraction of sp³-hybridized carbons (Fsp3) is 0.545. The number of halogens is 4. The molecular formula is C22H28F4. The SMILES string of the molecule is CCCCCCc1cc2c(F)c(F)c(F)c(F)c2cc1CCCCCC. The lowest BCUT2D eigenvalue weighted by Gasteiger charge is -2.14. The molecule has 0 heterocycles. The Bertz CT molecular complexity index is 674. The van der Waals surface area contributed by atoms with Crippen LogP contribution in [0.1, 0.15) is 76.3 Å². The summed E-state index contributed by atoms with van der Waals surface area (Å²) >= 11 is 0. The van der Waals surface area contributed by atoms with Gasteiger partial charge in [-0.15, -0.1) is 0 Å². The van der Waals surface area contributed by atoms with Crippen molar-refractivity contribution in [1.82, 2.24) is 0 Å². The zero-order valence-electron chi connectivity index (χ0n) is 15.7. The maximum atomic E-state index is 14.2. The van der Waals surface area contributed by atoms with Crippen molar-refractivity contribution in [3.8, 4) is 0 Å². The quantitative estimate of drug-likeness (QED) is 0.175. The molecule has 0 aliphatic carbocycles. The Labute approximate surface area is 153 Å². The smallest absolute Gasteiger partial charge is 0.198 e. The zero-order chi connectivity index (χ0) is 19.1. The predicted molar refractivity (Wildman–Crippen MR) is 99.5 cm³/mol. The van der Waals surface area contributed by atoms with Crippen LogP contribution in [0, 0.1) is 23.3 Å². The molecular weight excluding hydrogens is 340 g/mol. The highest BCUT2D eigenvalue weighted by atomic mass is 19.2. The average Bonchev–Trinajstić information content (AvgIpc) is 2.65. The first-order valence-corrected chi connectivity index (χ1v) is 9.78. The van der Waals surface area contributed by atoms with Gasteiger partial charge in [-0.3, -0.25) is 0 Å². The van der Waals surface area contributed by atoms with Gasteiger partial charge in [-0.05, 0) is 48.9 Å². The van der Waals surface area contributed by atoms with Gasteiger partial charge in [0.05, 0.1) is 0 Å². The molecule has 2 aromatic rings. The van der Waals surface area contributed by atoms with Crippen molar-refractivity contribution >= 4 is 10.8 Å². The molecule has 0 spiro atoms. The fourth-order valence-electron chi connectivity index (χ4n) is 3.43. The predicted octanol–water partition coefficient (Wildman–Crippen LogP) is 7.64. The number of aryl methyl sites for hydroxylation is 2. The van der Waals surface area contributed by atoms with E-state index < -0.39 is 23.3 Å². The van der Waals surface area contributed by atoms with E-state index in [1.165, 1.54) is 12.1 Å². The summed E-state index contributed by atoms with van der Waals surface area (Å²) < 4.78 is 55.5. The summed E-state index contributed by atoms with van der Waals surface area (Å²) in [7, 11) is 0. The van der Waals surface area contributed by atoms with E-state index in [4.69, 9.17) is 0 Å². The molecule has 144 valence electrons. The Morgan fingerprint density at radius 3 is 1.27 bits per heavy atom. The normalized spacial score (nSPS) is 11.5. The molecule has 0 aromatic heterocycles. The van der Waals surface area contributed by atoms with Gasteiger partial charge in [-0.2, -0.15) is 0 Å². The van der Waals surface area contributed by atoms with Crippen LogP contribution in [-0.2, 0) is 12.8 Å². The summed E-state index contributed by atoms with van der Waals surface area (Å²) in [6.45, 7) is 4.26. The van der Waals surface area contributed by atoms with Crippen LogP contribution in [0.5, 0.6) is 0 Å². The Morgan fingerprint density at radius 2 is 0.923 bits per heavy atom. The van der Waals surface area contributed by atoms with Gasteiger partial charge < -0.3 is 0 Å². The maximum Gasteiger partial charge on any atom is 0.198 e. The minimum atomic E-state index is -1.73. The van der Waals surface area contributed by atoms with Crippen LogP contribution < -0.4 is 0 Å².